The van der Waals surface area contributed by atoms with Gasteiger partial charge in [0.15, 0.2) is 5.78 Å². The molecule has 1 aromatic heterocycles. The number of Topliss-reactive ketones (excluding diaryl/α,β-unsaturated/α-hetero) is 1. The third-order valence-corrected chi connectivity index (χ3v) is 9.40. The second-order valence-corrected chi connectivity index (χ2v) is 12.3. The molecule has 2 saturated heterocycles. The van der Waals surface area contributed by atoms with Crippen LogP contribution in [0.3, 0.4) is 0 Å². The summed E-state index contributed by atoms with van der Waals surface area (Å²) in [6.45, 7) is 6.90. The minimum absolute atomic E-state index is 0.0328. The van der Waals surface area contributed by atoms with Crippen LogP contribution >= 0.6 is 11.3 Å². The lowest BCUT2D eigenvalue weighted by Crippen LogP contribution is -2.49. The number of thiophene rings is 1. The van der Waals surface area contributed by atoms with E-state index in [1.807, 2.05) is 29.2 Å². The van der Waals surface area contributed by atoms with E-state index in [1.54, 1.807) is 11.1 Å². The number of hydrogen-bond acceptors (Lipinski definition) is 9. The summed E-state index contributed by atoms with van der Waals surface area (Å²) < 4.78 is 5.33. The van der Waals surface area contributed by atoms with E-state index in [2.05, 4.69) is 25.9 Å². The molecule has 5 aliphatic rings. The van der Waals surface area contributed by atoms with Gasteiger partial charge in [0.25, 0.3) is 5.91 Å². The summed E-state index contributed by atoms with van der Waals surface area (Å²) in [6.07, 6.45) is 3.65. The minimum Gasteiger partial charge on any atom is -0.379 e. The number of azo groups is 1. The molecule has 3 fully saturated rings. The normalized spacial score (nSPS) is 23.0. The first kappa shape index (κ1) is 26.4. The number of ketones is 1. The number of hydrogen-bond donors (Lipinski definition) is 2. The number of urea groups is 1. The van der Waals surface area contributed by atoms with Crippen molar-refractivity contribution >= 4 is 40.4 Å². The van der Waals surface area contributed by atoms with Gasteiger partial charge >= 0.3 is 6.03 Å². The van der Waals surface area contributed by atoms with Gasteiger partial charge in [0.1, 0.15) is 11.7 Å². The van der Waals surface area contributed by atoms with Crippen LogP contribution in [0.25, 0.3) is 5.70 Å². The molecule has 1 aromatic carbocycles. The predicted octanol–water partition coefficient (Wildman–Crippen LogP) is 3.79. The summed E-state index contributed by atoms with van der Waals surface area (Å²) in [6, 6.07) is 8.16. The molecule has 41 heavy (non-hydrogen) atoms. The van der Waals surface area contributed by atoms with E-state index in [1.165, 1.54) is 24.2 Å². The highest BCUT2D eigenvalue weighted by Gasteiger charge is 2.43. The fraction of sp³-hybridized carbons (Fsp3) is 0.483. The monoisotopic (exact) mass is 575 g/mol. The van der Waals surface area contributed by atoms with Crippen molar-refractivity contribution in [2.24, 2.45) is 16.1 Å². The molecule has 1 atom stereocenters. The molecule has 2 aromatic rings. The van der Waals surface area contributed by atoms with Crippen molar-refractivity contribution in [3.05, 3.63) is 56.8 Å². The maximum Gasteiger partial charge on any atom is 0.333 e. The Kier molecular flexibility index (Phi) is 7.15. The number of fused-ring (bicyclic) bond motifs is 3. The summed E-state index contributed by atoms with van der Waals surface area (Å²) >= 11 is 1.36. The van der Waals surface area contributed by atoms with Crippen molar-refractivity contribution in [3.63, 3.8) is 0 Å². The van der Waals surface area contributed by atoms with Gasteiger partial charge in [-0.05, 0) is 55.5 Å². The number of nitrogens with one attached hydrogen (secondary N) is 2. The molecule has 4 heterocycles. The van der Waals surface area contributed by atoms with Crippen molar-refractivity contribution in [2.45, 2.75) is 25.3 Å². The largest absolute Gasteiger partial charge is 0.379 e. The standard InChI is InChI=1S/C29H33N7O4S/c37-27-23-19(3-1-4-20(23)30-29(39)33-36-13-15-40-16-14-36)25-24(27)26(32-31-25)21-7-8-22(41-21)28(38)35-10-2-9-34(11-12-35)17-18-5-6-18/h1,3-4,7-8,18,25H,2,5-6,9-17H2,(H2,30,33,39). The molecule has 3 aliphatic heterocycles. The summed E-state index contributed by atoms with van der Waals surface area (Å²) in [5.74, 6) is 0.682. The molecule has 2 N–H and O–H groups in total. The zero-order valence-corrected chi connectivity index (χ0v) is 23.6. The number of benzene rings is 1. The molecule has 11 nitrogen and oxygen atoms in total. The Morgan fingerprint density at radius 3 is 2.71 bits per heavy atom. The topological polar surface area (TPSA) is 119 Å². The molecule has 214 valence electrons. The van der Waals surface area contributed by atoms with E-state index >= 15 is 0 Å². The van der Waals surface area contributed by atoms with Gasteiger partial charge in [-0.15, -0.1) is 11.3 Å². The van der Waals surface area contributed by atoms with E-state index in [4.69, 9.17) is 4.74 Å². The fourth-order valence-electron chi connectivity index (χ4n) is 6.01. The molecule has 0 radical (unpaired) electrons. The maximum atomic E-state index is 13.7. The Hall–Kier alpha value is -3.45. The second-order valence-electron chi connectivity index (χ2n) is 11.2. The van der Waals surface area contributed by atoms with Gasteiger partial charge in [0, 0.05) is 39.3 Å². The maximum absolute atomic E-state index is 13.7. The number of amides is 3. The summed E-state index contributed by atoms with van der Waals surface area (Å²) in [5, 5.41) is 13.5. The molecule has 0 spiro atoms. The third kappa shape index (κ3) is 5.32. The molecule has 7 rings (SSSR count). The average Bonchev–Trinajstić information content (AvgIpc) is 3.44. The number of carbonyl (C=O) groups excluding carboxylic acids is 3. The van der Waals surface area contributed by atoms with E-state index in [9.17, 15) is 14.4 Å². The summed E-state index contributed by atoms with van der Waals surface area (Å²) in [5.41, 5.74) is 5.42. The van der Waals surface area contributed by atoms with Gasteiger partial charge in [-0.25, -0.2) is 9.80 Å². The second kappa shape index (κ2) is 11.1. The molecular formula is C29H33N7O4S. The lowest BCUT2D eigenvalue weighted by Gasteiger charge is -2.27. The fourth-order valence-corrected chi connectivity index (χ4v) is 6.98. The van der Waals surface area contributed by atoms with Crippen molar-refractivity contribution in [1.82, 2.24) is 20.2 Å². The van der Waals surface area contributed by atoms with Gasteiger partial charge < -0.3 is 19.9 Å². The quantitative estimate of drug-likeness (QED) is 0.541. The van der Waals surface area contributed by atoms with Crippen LogP contribution in [0.15, 0.2) is 46.1 Å². The highest BCUT2D eigenvalue weighted by Crippen LogP contribution is 2.49. The molecule has 1 saturated carbocycles. The van der Waals surface area contributed by atoms with Crippen LogP contribution in [-0.4, -0.2) is 91.6 Å². The highest BCUT2D eigenvalue weighted by molar-refractivity contribution is 7.15. The first-order valence-corrected chi connectivity index (χ1v) is 15.2. The summed E-state index contributed by atoms with van der Waals surface area (Å²) in [7, 11) is 0. The number of hydrazine groups is 1. The number of carbonyl (C=O) groups is 3. The van der Waals surface area contributed by atoms with Gasteiger partial charge in [-0.3, -0.25) is 15.0 Å². The molecular weight excluding hydrogens is 542 g/mol. The zero-order chi connectivity index (χ0) is 27.9. The number of rotatable bonds is 6. The number of anilines is 1. The molecule has 0 bridgehead atoms. The van der Waals surface area contributed by atoms with Crippen LogP contribution in [0, 0.1) is 5.92 Å². The molecule has 1 unspecified atom stereocenters. The Morgan fingerprint density at radius 2 is 1.88 bits per heavy atom. The predicted molar refractivity (Wildman–Crippen MR) is 154 cm³/mol. The van der Waals surface area contributed by atoms with Crippen LogP contribution in [0.5, 0.6) is 0 Å². The van der Waals surface area contributed by atoms with E-state index in [0.29, 0.717) is 53.7 Å². The van der Waals surface area contributed by atoms with E-state index in [-0.39, 0.29) is 11.7 Å². The first-order valence-electron chi connectivity index (χ1n) is 14.4. The van der Waals surface area contributed by atoms with Crippen molar-refractivity contribution in [3.8, 4) is 0 Å². The molecule has 3 amide bonds. The Morgan fingerprint density at radius 1 is 1.02 bits per heavy atom. The number of morpholine rings is 1. The van der Waals surface area contributed by atoms with Gasteiger partial charge in [0.2, 0.25) is 0 Å². The lowest BCUT2D eigenvalue weighted by atomic mass is 10.1. The van der Waals surface area contributed by atoms with Gasteiger partial charge in [-0.1, -0.05) is 12.1 Å². The smallest absolute Gasteiger partial charge is 0.333 e. The minimum atomic E-state index is -0.513. The molecule has 2 aliphatic carbocycles. The van der Waals surface area contributed by atoms with Crippen LogP contribution in [0.2, 0.25) is 0 Å². The van der Waals surface area contributed by atoms with Crippen LogP contribution in [0.1, 0.15) is 55.8 Å². The van der Waals surface area contributed by atoms with Crippen molar-refractivity contribution in [2.75, 3.05) is 64.3 Å². The summed E-state index contributed by atoms with van der Waals surface area (Å²) in [4.78, 5) is 45.7. The Labute approximate surface area is 242 Å². The Bertz CT molecular complexity index is 1440. The lowest BCUT2D eigenvalue weighted by molar-refractivity contribution is 0.0207. The third-order valence-electron chi connectivity index (χ3n) is 8.32. The van der Waals surface area contributed by atoms with Crippen LogP contribution in [0.4, 0.5) is 10.5 Å². The number of nitrogens with zero attached hydrogens (tertiary/aromatic N) is 5. The Balaban J connectivity index is 1.07. The zero-order valence-electron chi connectivity index (χ0n) is 22.8. The van der Waals surface area contributed by atoms with Crippen molar-refractivity contribution < 1.29 is 19.1 Å². The number of ether oxygens (including phenoxy) is 1. The van der Waals surface area contributed by atoms with Gasteiger partial charge in [-0.2, -0.15) is 10.2 Å². The van der Waals surface area contributed by atoms with E-state index < -0.39 is 12.1 Å². The van der Waals surface area contributed by atoms with Crippen LogP contribution in [-0.2, 0) is 4.74 Å². The van der Waals surface area contributed by atoms with Crippen molar-refractivity contribution in [1.29, 1.82) is 0 Å². The first-order chi connectivity index (χ1) is 20.0. The van der Waals surface area contributed by atoms with Gasteiger partial charge in [0.05, 0.1) is 39.8 Å². The average molecular weight is 576 g/mol. The van der Waals surface area contributed by atoms with Crippen LogP contribution < -0.4 is 10.7 Å². The highest BCUT2D eigenvalue weighted by atomic mass is 32.1. The SMILES string of the molecule is O=C(Nc1cccc2c1C(=O)C1=C(c3ccc(C(=O)N4CCCN(CC5CC5)CC4)s3)N=NC12)NN1CCOCC1. The molecule has 12 heteroatoms. The van der Waals surface area contributed by atoms with E-state index in [0.717, 1.165) is 55.5 Å².